The van der Waals surface area contributed by atoms with Crippen molar-refractivity contribution in [3.63, 3.8) is 0 Å². The van der Waals surface area contributed by atoms with Crippen molar-refractivity contribution in [1.29, 1.82) is 0 Å². The van der Waals surface area contributed by atoms with Crippen LogP contribution in [-0.4, -0.2) is 28.0 Å². The molecule has 0 spiro atoms. The molecule has 1 aliphatic rings. The second-order valence-corrected chi connectivity index (χ2v) is 7.01. The number of rotatable bonds is 5. The summed E-state index contributed by atoms with van der Waals surface area (Å²) in [5.41, 5.74) is 1.40. The predicted octanol–water partition coefficient (Wildman–Crippen LogP) is 4.03. The van der Waals surface area contributed by atoms with Gasteiger partial charge in [0.05, 0.1) is 6.54 Å². The summed E-state index contributed by atoms with van der Waals surface area (Å²) in [6, 6.07) is 11.2. The number of aromatic nitrogens is 2. The van der Waals surface area contributed by atoms with E-state index >= 15 is 0 Å². The lowest BCUT2D eigenvalue weighted by atomic mass is 10.1. The highest BCUT2D eigenvalue weighted by Crippen LogP contribution is 2.47. The molecule has 6 heteroatoms. The van der Waals surface area contributed by atoms with Gasteiger partial charge < -0.3 is 13.8 Å². The van der Waals surface area contributed by atoms with Crippen LogP contribution in [0.3, 0.4) is 0 Å². The first-order chi connectivity index (χ1) is 12.5. The summed E-state index contributed by atoms with van der Waals surface area (Å²) in [7, 11) is 1.78. The van der Waals surface area contributed by atoms with Crippen molar-refractivity contribution in [2.24, 2.45) is 5.92 Å². The summed E-state index contributed by atoms with van der Waals surface area (Å²) in [5, 5.41) is 3.78. The summed E-state index contributed by atoms with van der Waals surface area (Å²) < 4.78 is 11.0. The highest BCUT2D eigenvalue weighted by molar-refractivity contribution is 5.94. The number of hydrogen-bond donors (Lipinski definition) is 0. The Morgan fingerprint density at radius 1 is 1.23 bits per heavy atom. The first kappa shape index (κ1) is 16.6. The molecule has 1 saturated carbocycles. The smallest absolute Gasteiger partial charge is 0.257 e. The molecule has 1 aromatic carbocycles. The number of carbonyl (C=O) groups excluding carboxylic acids is 1. The molecule has 2 atom stereocenters. The van der Waals surface area contributed by atoms with Gasteiger partial charge in [0.25, 0.3) is 11.8 Å². The minimum Gasteiger partial charge on any atom is -0.464 e. The van der Waals surface area contributed by atoms with Crippen LogP contribution >= 0.6 is 0 Å². The molecule has 26 heavy (non-hydrogen) atoms. The zero-order chi connectivity index (χ0) is 18.3. The Morgan fingerprint density at radius 2 is 1.96 bits per heavy atom. The molecule has 2 aromatic heterocycles. The molecule has 0 bridgehead atoms. The fourth-order valence-electron chi connectivity index (χ4n) is 3.09. The van der Waals surface area contributed by atoms with Crippen molar-refractivity contribution in [2.75, 3.05) is 7.05 Å². The molecular formula is C20H21N3O3. The molecule has 1 aliphatic carbocycles. The van der Waals surface area contributed by atoms with Crippen LogP contribution < -0.4 is 0 Å². The van der Waals surface area contributed by atoms with E-state index in [0.717, 1.165) is 17.1 Å². The maximum atomic E-state index is 12.6. The van der Waals surface area contributed by atoms with Gasteiger partial charge in [-0.25, -0.2) is 0 Å². The molecule has 0 aliphatic heterocycles. The lowest BCUT2D eigenvalue weighted by molar-refractivity contribution is 0.0775. The van der Waals surface area contributed by atoms with Crippen molar-refractivity contribution >= 4 is 5.91 Å². The van der Waals surface area contributed by atoms with E-state index in [-0.39, 0.29) is 5.91 Å². The Kier molecular flexibility index (Phi) is 4.11. The lowest BCUT2D eigenvalue weighted by Gasteiger charge is -2.16. The summed E-state index contributed by atoms with van der Waals surface area (Å²) >= 11 is 0. The molecule has 6 nitrogen and oxygen atoms in total. The first-order valence-electron chi connectivity index (χ1n) is 8.76. The Balaban J connectivity index is 1.42. The Bertz CT molecular complexity index is 926. The molecular weight excluding hydrogens is 330 g/mol. The van der Waals surface area contributed by atoms with Gasteiger partial charge in [-0.1, -0.05) is 12.1 Å². The number of hydrogen-bond acceptors (Lipinski definition) is 5. The summed E-state index contributed by atoms with van der Waals surface area (Å²) in [6.07, 6.45) is 1.19. The number of furan rings is 1. The van der Waals surface area contributed by atoms with Crippen molar-refractivity contribution in [2.45, 2.75) is 32.7 Å². The number of carbonyl (C=O) groups is 1. The molecule has 0 unspecified atom stereocenters. The van der Waals surface area contributed by atoms with Gasteiger partial charge in [-0.05, 0) is 55.7 Å². The van der Waals surface area contributed by atoms with Crippen molar-refractivity contribution in [1.82, 2.24) is 15.0 Å². The van der Waals surface area contributed by atoms with Crippen molar-refractivity contribution < 1.29 is 13.7 Å². The highest BCUT2D eigenvalue weighted by atomic mass is 16.5. The zero-order valence-corrected chi connectivity index (χ0v) is 15.1. The first-order valence-corrected chi connectivity index (χ1v) is 8.76. The number of amides is 1. The van der Waals surface area contributed by atoms with Gasteiger partial charge in [0.1, 0.15) is 11.5 Å². The summed E-state index contributed by atoms with van der Waals surface area (Å²) in [5.74, 6) is 4.07. The maximum absolute atomic E-state index is 12.6. The van der Waals surface area contributed by atoms with Gasteiger partial charge >= 0.3 is 0 Å². The van der Waals surface area contributed by atoms with Crippen LogP contribution in [0.25, 0.3) is 11.5 Å². The molecule has 2 heterocycles. The van der Waals surface area contributed by atoms with Gasteiger partial charge in [0.2, 0.25) is 0 Å². The van der Waals surface area contributed by atoms with Crippen LogP contribution in [0.2, 0.25) is 0 Å². The molecule has 0 N–H and O–H groups in total. The predicted molar refractivity (Wildman–Crippen MR) is 95.5 cm³/mol. The third-order valence-electron chi connectivity index (χ3n) is 4.80. The monoisotopic (exact) mass is 351 g/mol. The minimum atomic E-state index is -0.0593. The second-order valence-electron chi connectivity index (χ2n) is 7.01. The summed E-state index contributed by atoms with van der Waals surface area (Å²) in [6.45, 7) is 4.44. The molecule has 0 saturated heterocycles. The normalized spacial score (nSPS) is 18.7. The molecule has 3 aromatic rings. The van der Waals surface area contributed by atoms with E-state index in [2.05, 4.69) is 17.1 Å². The minimum absolute atomic E-state index is 0.0593. The SMILES string of the molecule is Cc1noc(-c2ccc(C(=O)N(C)Cc3ccc([C@@H]4C[C@H]4C)o3)cc2)n1. The lowest BCUT2D eigenvalue weighted by Crippen LogP contribution is -2.25. The van der Waals surface area contributed by atoms with Gasteiger partial charge in [0.15, 0.2) is 5.82 Å². The van der Waals surface area contributed by atoms with Crippen LogP contribution in [0.5, 0.6) is 0 Å². The van der Waals surface area contributed by atoms with E-state index < -0.39 is 0 Å². The Morgan fingerprint density at radius 3 is 2.58 bits per heavy atom. The average Bonchev–Trinajstić information content (AvgIpc) is 3.00. The van der Waals surface area contributed by atoms with E-state index in [0.29, 0.717) is 35.7 Å². The average molecular weight is 351 g/mol. The quantitative estimate of drug-likeness (QED) is 0.694. The molecule has 0 radical (unpaired) electrons. The maximum Gasteiger partial charge on any atom is 0.257 e. The topological polar surface area (TPSA) is 72.4 Å². The largest absolute Gasteiger partial charge is 0.464 e. The van der Waals surface area contributed by atoms with E-state index in [1.165, 1.54) is 6.42 Å². The van der Waals surface area contributed by atoms with Gasteiger partial charge in [-0.3, -0.25) is 4.79 Å². The molecule has 1 amide bonds. The standard InChI is InChI=1S/C20H21N3O3/c1-12-10-17(12)18-9-8-16(25-18)11-23(3)20(24)15-6-4-14(5-7-15)19-21-13(2)22-26-19/h4-9,12,17H,10-11H2,1-3H3/t12-,17-/m1/s1. The fourth-order valence-corrected chi connectivity index (χ4v) is 3.09. The van der Waals surface area contributed by atoms with E-state index in [4.69, 9.17) is 8.94 Å². The van der Waals surface area contributed by atoms with Crippen molar-refractivity contribution in [3.05, 3.63) is 59.3 Å². The van der Waals surface area contributed by atoms with E-state index in [1.54, 1.807) is 31.0 Å². The number of nitrogens with zero attached hydrogens (tertiary/aromatic N) is 3. The van der Waals surface area contributed by atoms with Gasteiger partial charge in [-0.15, -0.1) is 0 Å². The zero-order valence-electron chi connectivity index (χ0n) is 15.1. The molecule has 1 fully saturated rings. The molecule has 4 rings (SSSR count). The Hall–Kier alpha value is -2.89. The highest BCUT2D eigenvalue weighted by Gasteiger charge is 2.36. The van der Waals surface area contributed by atoms with Gasteiger partial charge in [0, 0.05) is 24.1 Å². The fraction of sp³-hybridized carbons (Fsp3) is 0.350. The Labute approximate surface area is 151 Å². The van der Waals surface area contributed by atoms with Crippen LogP contribution in [0.1, 0.15) is 47.0 Å². The number of benzene rings is 1. The van der Waals surface area contributed by atoms with E-state index in [1.807, 2.05) is 24.3 Å². The van der Waals surface area contributed by atoms with Crippen LogP contribution in [-0.2, 0) is 6.54 Å². The van der Waals surface area contributed by atoms with E-state index in [9.17, 15) is 4.79 Å². The summed E-state index contributed by atoms with van der Waals surface area (Å²) in [4.78, 5) is 18.5. The van der Waals surface area contributed by atoms with Crippen LogP contribution in [0.4, 0.5) is 0 Å². The van der Waals surface area contributed by atoms with Crippen LogP contribution in [0.15, 0.2) is 45.3 Å². The molecule has 134 valence electrons. The van der Waals surface area contributed by atoms with Crippen LogP contribution in [0, 0.1) is 12.8 Å². The number of aryl methyl sites for hydroxylation is 1. The third-order valence-corrected chi connectivity index (χ3v) is 4.80. The second kappa shape index (κ2) is 6.44. The van der Waals surface area contributed by atoms with Gasteiger partial charge in [-0.2, -0.15) is 4.98 Å². The van der Waals surface area contributed by atoms with Crippen molar-refractivity contribution in [3.8, 4) is 11.5 Å². The third kappa shape index (κ3) is 3.27.